The van der Waals surface area contributed by atoms with Crippen molar-refractivity contribution in [2.45, 2.75) is 63.7 Å². The summed E-state index contributed by atoms with van der Waals surface area (Å²) in [4.78, 5) is 13.1. The van der Waals surface area contributed by atoms with Gasteiger partial charge < -0.3 is 10.6 Å². The molecule has 1 aliphatic rings. The van der Waals surface area contributed by atoms with Gasteiger partial charge in [0.2, 0.25) is 5.91 Å². The summed E-state index contributed by atoms with van der Waals surface area (Å²) in [5.41, 5.74) is 4.79. The van der Waals surface area contributed by atoms with Crippen molar-refractivity contribution in [3.63, 3.8) is 0 Å². The number of rotatable bonds is 5. The first-order chi connectivity index (χ1) is 8.23. The molecule has 2 N–H and O–H groups in total. The molecule has 0 bridgehead atoms. The number of halogens is 3. The summed E-state index contributed by atoms with van der Waals surface area (Å²) in [7, 11) is 0. The predicted octanol–water partition coefficient (Wildman–Crippen LogP) is 2.45. The molecule has 0 aromatic heterocycles. The SMILES string of the molecule is CCC(CC)N(CC(F)(F)F)C(=O)C1(N)CCC1. The minimum absolute atomic E-state index is 0.389. The Bertz CT molecular complexity index is 296. The molecule has 3 nitrogen and oxygen atoms in total. The summed E-state index contributed by atoms with van der Waals surface area (Å²) < 4.78 is 37.7. The highest BCUT2D eigenvalue weighted by molar-refractivity contribution is 5.87. The van der Waals surface area contributed by atoms with E-state index in [1.165, 1.54) is 0 Å². The van der Waals surface area contributed by atoms with E-state index in [9.17, 15) is 18.0 Å². The van der Waals surface area contributed by atoms with Gasteiger partial charge in [-0.15, -0.1) is 0 Å². The van der Waals surface area contributed by atoms with Crippen molar-refractivity contribution < 1.29 is 18.0 Å². The normalized spacial score (nSPS) is 18.6. The van der Waals surface area contributed by atoms with Crippen LogP contribution < -0.4 is 5.73 Å². The Kier molecular flexibility index (Phi) is 4.64. The van der Waals surface area contributed by atoms with E-state index in [2.05, 4.69) is 0 Å². The van der Waals surface area contributed by atoms with Crippen LogP contribution in [0.5, 0.6) is 0 Å². The van der Waals surface area contributed by atoms with Crippen LogP contribution in [0.25, 0.3) is 0 Å². The molecule has 1 aliphatic carbocycles. The zero-order valence-corrected chi connectivity index (χ0v) is 10.9. The topological polar surface area (TPSA) is 46.3 Å². The smallest absolute Gasteiger partial charge is 0.329 e. The van der Waals surface area contributed by atoms with Crippen LogP contribution in [0, 0.1) is 0 Å². The number of amides is 1. The van der Waals surface area contributed by atoms with Crippen molar-refractivity contribution in [2.24, 2.45) is 5.73 Å². The number of alkyl halides is 3. The van der Waals surface area contributed by atoms with E-state index in [0.717, 1.165) is 11.3 Å². The first-order valence-corrected chi connectivity index (χ1v) is 6.40. The average Bonchev–Trinajstić information content (AvgIpc) is 2.23. The lowest BCUT2D eigenvalue weighted by molar-refractivity contribution is -0.171. The van der Waals surface area contributed by atoms with Crippen molar-refractivity contribution in [1.29, 1.82) is 0 Å². The monoisotopic (exact) mass is 266 g/mol. The number of carbonyl (C=O) groups excluding carboxylic acids is 1. The molecule has 1 saturated carbocycles. The number of nitrogens with zero attached hydrogens (tertiary/aromatic N) is 1. The second-order valence-electron chi connectivity index (χ2n) is 5.03. The van der Waals surface area contributed by atoms with Gasteiger partial charge in [0.15, 0.2) is 0 Å². The van der Waals surface area contributed by atoms with Gasteiger partial charge in [-0.25, -0.2) is 0 Å². The molecule has 6 heteroatoms. The minimum atomic E-state index is -4.38. The first kappa shape index (κ1) is 15.3. The van der Waals surface area contributed by atoms with Crippen molar-refractivity contribution >= 4 is 5.91 Å². The van der Waals surface area contributed by atoms with Gasteiger partial charge >= 0.3 is 6.18 Å². The summed E-state index contributed by atoms with van der Waals surface area (Å²) in [5, 5.41) is 0. The van der Waals surface area contributed by atoms with Gasteiger partial charge in [-0.1, -0.05) is 13.8 Å². The molecule has 106 valence electrons. The molecular formula is C12H21F3N2O. The van der Waals surface area contributed by atoms with E-state index in [1.807, 2.05) is 0 Å². The maximum Gasteiger partial charge on any atom is 0.406 e. The zero-order chi connectivity index (χ0) is 14.0. The number of nitrogens with two attached hydrogens (primary N) is 1. The maximum absolute atomic E-state index is 12.6. The lowest BCUT2D eigenvalue weighted by Crippen LogP contribution is -2.62. The number of hydrogen-bond acceptors (Lipinski definition) is 2. The second-order valence-corrected chi connectivity index (χ2v) is 5.03. The Morgan fingerprint density at radius 3 is 2.11 bits per heavy atom. The highest BCUT2D eigenvalue weighted by atomic mass is 19.4. The van der Waals surface area contributed by atoms with Gasteiger partial charge in [-0.3, -0.25) is 4.79 Å². The van der Waals surface area contributed by atoms with Gasteiger partial charge in [0.05, 0.1) is 5.54 Å². The molecule has 0 aromatic rings. The van der Waals surface area contributed by atoms with Gasteiger partial charge in [0.1, 0.15) is 6.54 Å². The molecule has 0 aromatic carbocycles. The van der Waals surface area contributed by atoms with E-state index in [4.69, 9.17) is 5.73 Å². The van der Waals surface area contributed by atoms with Crippen molar-refractivity contribution in [3.8, 4) is 0 Å². The summed E-state index contributed by atoms with van der Waals surface area (Å²) in [6, 6.07) is -0.389. The fraction of sp³-hybridized carbons (Fsp3) is 0.917. The molecule has 0 spiro atoms. The van der Waals surface area contributed by atoms with Gasteiger partial charge in [0.25, 0.3) is 0 Å². The molecule has 0 atom stereocenters. The van der Waals surface area contributed by atoms with Gasteiger partial charge in [-0.05, 0) is 32.1 Å². The van der Waals surface area contributed by atoms with Crippen LogP contribution >= 0.6 is 0 Å². The Labute approximate surface area is 106 Å². The Morgan fingerprint density at radius 2 is 1.83 bits per heavy atom. The van der Waals surface area contributed by atoms with Crippen molar-refractivity contribution in [2.75, 3.05) is 6.54 Å². The van der Waals surface area contributed by atoms with Crippen molar-refractivity contribution in [3.05, 3.63) is 0 Å². The van der Waals surface area contributed by atoms with Crippen LogP contribution in [0.2, 0.25) is 0 Å². The van der Waals surface area contributed by atoms with Crippen LogP contribution in [0.3, 0.4) is 0 Å². The third-order valence-corrected chi connectivity index (χ3v) is 3.67. The maximum atomic E-state index is 12.6. The standard InChI is InChI=1S/C12H21F3N2O/c1-3-9(4-2)17(8-12(13,14)15)10(18)11(16)6-5-7-11/h9H,3-8,16H2,1-2H3. The molecular weight excluding hydrogens is 245 g/mol. The zero-order valence-electron chi connectivity index (χ0n) is 10.9. The molecule has 18 heavy (non-hydrogen) atoms. The van der Waals surface area contributed by atoms with Crippen molar-refractivity contribution in [1.82, 2.24) is 4.90 Å². The quantitative estimate of drug-likeness (QED) is 0.830. The molecule has 0 unspecified atom stereocenters. The number of carbonyl (C=O) groups is 1. The summed E-state index contributed by atoms with van der Waals surface area (Å²) >= 11 is 0. The average molecular weight is 266 g/mol. The predicted molar refractivity (Wildman–Crippen MR) is 62.9 cm³/mol. The van der Waals surface area contributed by atoms with Crippen LogP contribution in [0.15, 0.2) is 0 Å². The summed E-state index contributed by atoms with van der Waals surface area (Å²) in [5.74, 6) is -0.542. The van der Waals surface area contributed by atoms with Crippen LogP contribution in [-0.2, 0) is 4.79 Å². The second kappa shape index (κ2) is 5.47. The molecule has 1 rings (SSSR count). The fourth-order valence-electron chi connectivity index (χ4n) is 2.35. The first-order valence-electron chi connectivity index (χ1n) is 6.40. The van der Waals surface area contributed by atoms with E-state index in [1.54, 1.807) is 13.8 Å². The van der Waals surface area contributed by atoms with E-state index in [-0.39, 0.29) is 6.04 Å². The third kappa shape index (κ3) is 3.37. The third-order valence-electron chi connectivity index (χ3n) is 3.67. The Morgan fingerprint density at radius 1 is 1.33 bits per heavy atom. The van der Waals surface area contributed by atoms with Crippen LogP contribution in [0.4, 0.5) is 13.2 Å². The summed E-state index contributed by atoms with van der Waals surface area (Å²) in [6.07, 6.45) is -1.58. The van der Waals surface area contributed by atoms with Crippen LogP contribution in [0.1, 0.15) is 46.0 Å². The highest BCUT2D eigenvalue weighted by Gasteiger charge is 2.46. The molecule has 0 radical (unpaired) electrons. The largest absolute Gasteiger partial charge is 0.406 e. The molecule has 1 fully saturated rings. The Hall–Kier alpha value is -0.780. The fourth-order valence-corrected chi connectivity index (χ4v) is 2.35. The Balaban J connectivity index is 2.85. The lowest BCUT2D eigenvalue weighted by Gasteiger charge is -2.43. The molecule has 1 amide bonds. The van der Waals surface area contributed by atoms with E-state index < -0.39 is 24.2 Å². The van der Waals surface area contributed by atoms with E-state index >= 15 is 0 Å². The molecule has 0 aliphatic heterocycles. The summed E-state index contributed by atoms with van der Waals surface area (Å²) in [6.45, 7) is 2.38. The molecule has 0 saturated heterocycles. The number of hydrogen-bond donors (Lipinski definition) is 1. The van der Waals surface area contributed by atoms with E-state index in [0.29, 0.717) is 25.7 Å². The highest BCUT2D eigenvalue weighted by Crippen LogP contribution is 2.33. The van der Waals surface area contributed by atoms with Crippen LogP contribution in [-0.4, -0.2) is 35.1 Å². The lowest BCUT2D eigenvalue weighted by atomic mass is 9.76. The molecule has 0 heterocycles. The van der Waals surface area contributed by atoms with Gasteiger partial charge in [0, 0.05) is 6.04 Å². The minimum Gasteiger partial charge on any atom is -0.329 e. The van der Waals surface area contributed by atoms with Gasteiger partial charge in [-0.2, -0.15) is 13.2 Å².